The molecule has 1 heterocycles. The number of hydrogen-bond acceptors (Lipinski definition) is 4. The maximum absolute atomic E-state index is 12.9. The Kier molecular flexibility index (Phi) is 5.52. The van der Waals surface area contributed by atoms with Gasteiger partial charge in [-0.2, -0.15) is 5.26 Å². The molecule has 6 rings (SSSR count). The van der Waals surface area contributed by atoms with Gasteiger partial charge < -0.3 is 15.6 Å². The number of aryl methyl sites for hydroxylation is 1. The van der Waals surface area contributed by atoms with Crippen LogP contribution in [0.5, 0.6) is 0 Å². The maximum atomic E-state index is 12.9. The molecule has 2 aromatic rings. The Balaban J connectivity index is 1.28. The quantitative estimate of drug-likeness (QED) is 0.595. The molecule has 0 saturated heterocycles. The van der Waals surface area contributed by atoms with Crippen molar-refractivity contribution in [1.29, 1.82) is 5.26 Å². The lowest BCUT2D eigenvalue weighted by molar-refractivity contribution is -0.116. The number of para-hydroxylation sites is 2. The van der Waals surface area contributed by atoms with Crippen molar-refractivity contribution < 1.29 is 4.79 Å². The zero-order valence-corrected chi connectivity index (χ0v) is 19.5. The molecule has 3 N–H and O–H groups in total. The van der Waals surface area contributed by atoms with E-state index >= 15 is 0 Å². The summed E-state index contributed by atoms with van der Waals surface area (Å²) in [5, 5.41) is 16.3. The van der Waals surface area contributed by atoms with Crippen LogP contribution in [-0.4, -0.2) is 16.4 Å². The van der Waals surface area contributed by atoms with E-state index in [1.54, 1.807) is 6.92 Å². The molecule has 0 unspecified atom stereocenters. The second kappa shape index (κ2) is 8.37. The van der Waals surface area contributed by atoms with E-state index in [1.807, 2.05) is 31.2 Å². The Hall–Kier alpha value is -3.07. The van der Waals surface area contributed by atoms with Gasteiger partial charge in [0.1, 0.15) is 11.6 Å². The third-order valence-electron chi connectivity index (χ3n) is 8.16. The first-order chi connectivity index (χ1) is 15.9. The fourth-order valence-corrected chi connectivity index (χ4v) is 7.12. The molecule has 172 valence electrons. The Labute approximate surface area is 194 Å². The van der Waals surface area contributed by atoms with Crippen LogP contribution in [0.4, 0.5) is 11.4 Å². The van der Waals surface area contributed by atoms with Crippen LogP contribution < -0.4 is 16.2 Å². The molecule has 6 nitrogen and oxygen atoms in total. The summed E-state index contributed by atoms with van der Waals surface area (Å²) >= 11 is 0. The number of amides is 1. The van der Waals surface area contributed by atoms with E-state index in [0.717, 1.165) is 34.7 Å². The molecule has 4 bridgehead atoms. The number of nitriles is 1. The number of nitrogens with one attached hydrogen (secondary N) is 3. The van der Waals surface area contributed by atoms with Crippen molar-refractivity contribution in [2.45, 2.75) is 70.8 Å². The van der Waals surface area contributed by atoms with Crippen molar-refractivity contribution in [3.05, 3.63) is 57.0 Å². The van der Waals surface area contributed by atoms with Gasteiger partial charge in [-0.15, -0.1) is 0 Å². The fraction of sp³-hybridized carbons (Fsp3) is 0.519. The van der Waals surface area contributed by atoms with Crippen molar-refractivity contribution >= 4 is 17.3 Å². The Morgan fingerprint density at radius 1 is 1.09 bits per heavy atom. The Morgan fingerprint density at radius 2 is 1.70 bits per heavy atom. The van der Waals surface area contributed by atoms with Crippen LogP contribution >= 0.6 is 0 Å². The topological polar surface area (TPSA) is 97.8 Å². The third kappa shape index (κ3) is 4.17. The van der Waals surface area contributed by atoms with Crippen molar-refractivity contribution in [1.82, 2.24) is 4.98 Å². The summed E-state index contributed by atoms with van der Waals surface area (Å²) in [6.07, 6.45) is 8.68. The molecule has 4 fully saturated rings. The van der Waals surface area contributed by atoms with Gasteiger partial charge in [0.15, 0.2) is 0 Å². The zero-order valence-electron chi connectivity index (χ0n) is 19.5. The number of carbonyl (C=O) groups excluding carboxylic acids is 1. The number of H-pyrrole nitrogens is 1. The minimum absolute atomic E-state index is 0.0710. The molecule has 4 aliphatic carbocycles. The number of carbonyl (C=O) groups is 1. The lowest BCUT2D eigenvalue weighted by Crippen LogP contribution is -2.54. The van der Waals surface area contributed by atoms with E-state index in [0.29, 0.717) is 17.7 Å². The monoisotopic (exact) mass is 444 g/mol. The summed E-state index contributed by atoms with van der Waals surface area (Å²) in [7, 11) is 0. The van der Waals surface area contributed by atoms with Crippen LogP contribution in [0.25, 0.3) is 0 Å². The molecular formula is C27H32N4O2. The highest BCUT2D eigenvalue weighted by atomic mass is 16.1. The fourth-order valence-electron chi connectivity index (χ4n) is 7.12. The number of hydrogen-bond donors (Lipinski definition) is 3. The number of rotatable bonds is 6. The van der Waals surface area contributed by atoms with E-state index in [2.05, 4.69) is 21.7 Å². The van der Waals surface area contributed by atoms with Crippen molar-refractivity contribution in [3.8, 4) is 6.07 Å². The van der Waals surface area contributed by atoms with Gasteiger partial charge in [-0.3, -0.25) is 9.59 Å². The van der Waals surface area contributed by atoms with Crippen LogP contribution in [-0.2, 0) is 11.2 Å². The molecule has 1 aromatic carbocycles. The largest absolute Gasteiger partial charge is 0.378 e. The smallest absolute Gasteiger partial charge is 0.266 e. The molecule has 1 amide bonds. The van der Waals surface area contributed by atoms with Crippen LogP contribution in [0.3, 0.4) is 0 Å². The maximum Gasteiger partial charge on any atom is 0.266 e. The highest BCUT2D eigenvalue weighted by Crippen LogP contribution is 2.56. The first-order valence-electron chi connectivity index (χ1n) is 12.2. The number of aromatic amines is 1. The average Bonchev–Trinajstić information content (AvgIpc) is 2.74. The summed E-state index contributed by atoms with van der Waals surface area (Å²) < 4.78 is 0. The predicted molar refractivity (Wildman–Crippen MR) is 129 cm³/mol. The lowest BCUT2D eigenvalue weighted by Gasteiger charge is -2.57. The average molecular weight is 445 g/mol. The van der Waals surface area contributed by atoms with E-state index in [9.17, 15) is 14.9 Å². The highest BCUT2D eigenvalue weighted by molar-refractivity contribution is 5.94. The summed E-state index contributed by atoms with van der Waals surface area (Å²) in [5.41, 5.74) is 4.01. The molecule has 1 aromatic heterocycles. The molecule has 0 spiro atoms. The van der Waals surface area contributed by atoms with Gasteiger partial charge in [0.05, 0.1) is 11.4 Å². The number of nitrogens with zero attached hydrogens (tertiary/aromatic N) is 1. The summed E-state index contributed by atoms with van der Waals surface area (Å²) in [5.74, 6) is 2.49. The summed E-state index contributed by atoms with van der Waals surface area (Å²) in [4.78, 5) is 27.6. The van der Waals surface area contributed by atoms with Gasteiger partial charge in [-0.1, -0.05) is 12.1 Å². The van der Waals surface area contributed by atoms with Gasteiger partial charge in [0.25, 0.3) is 5.56 Å². The molecular weight excluding hydrogens is 412 g/mol. The standard InChI is InChI=1S/C27H32N4O2/c1-16-21(17(2)29-26(33)22(16)15-28)7-8-25(32)30-23-5-3-4-6-24(23)31-27-12-18-9-19(13-27)11-20(10-18)14-27/h3-6,18-20,31H,7-14H2,1-2H3,(H,29,33)(H,30,32). The molecule has 4 aliphatic rings. The molecule has 0 atom stereocenters. The molecule has 4 saturated carbocycles. The Morgan fingerprint density at radius 3 is 2.30 bits per heavy atom. The molecule has 0 radical (unpaired) electrons. The first-order valence-corrected chi connectivity index (χ1v) is 12.2. The second-order valence-electron chi connectivity index (χ2n) is 10.6. The normalized spacial score (nSPS) is 27.2. The summed E-state index contributed by atoms with van der Waals surface area (Å²) in [6, 6.07) is 9.99. The second-order valence-corrected chi connectivity index (χ2v) is 10.6. The predicted octanol–water partition coefficient (Wildman–Crippen LogP) is 4.82. The van der Waals surface area contributed by atoms with Crippen molar-refractivity contribution in [2.75, 3.05) is 10.6 Å². The number of anilines is 2. The highest BCUT2D eigenvalue weighted by Gasteiger charge is 2.51. The first kappa shape index (κ1) is 21.8. The SMILES string of the molecule is Cc1[nH]c(=O)c(C#N)c(C)c1CCC(=O)Nc1ccccc1NC12CC3CC(CC(C3)C1)C2. The van der Waals surface area contributed by atoms with E-state index in [4.69, 9.17) is 0 Å². The van der Waals surface area contributed by atoms with Crippen LogP contribution in [0.1, 0.15) is 67.3 Å². The van der Waals surface area contributed by atoms with Gasteiger partial charge in [-0.25, -0.2) is 0 Å². The lowest BCUT2D eigenvalue weighted by atomic mass is 9.53. The zero-order chi connectivity index (χ0) is 23.2. The van der Waals surface area contributed by atoms with Gasteiger partial charge in [0, 0.05) is 17.7 Å². The van der Waals surface area contributed by atoms with E-state index in [-0.39, 0.29) is 29.0 Å². The van der Waals surface area contributed by atoms with Crippen LogP contribution in [0.15, 0.2) is 29.1 Å². The van der Waals surface area contributed by atoms with Crippen LogP contribution in [0.2, 0.25) is 0 Å². The van der Waals surface area contributed by atoms with Gasteiger partial charge >= 0.3 is 0 Å². The minimum atomic E-state index is -0.370. The summed E-state index contributed by atoms with van der Waals surface area (Å²) in [6.45, 7) is 3.59. The number of benzene rings is 1. The van der Waals surface area contributed by atoms with Crippen molar-refractivity contribution in [2.24, 2.45) is 17.8 Å². The number of pyridine rings is 1. The van der Waals surface area contributed by atoms with Crippen LogP contribution in [0, 0.1) is 42.9 Å². The minimum Gasteiger partial charge on any atom is -0.378 e. The van der Waals surface area contributed by atoms with Gasteiger partial charge in [0.2, 0.25) is 5.91 Å². The molecule has 33 heavy (non-hydrogen) atoms. The van der Waals surface area contributed by atoms with Crippen molar-refractivity contribution in [3.63, 3.8) is 0 Å². The Bertz CT molecular complexity index is 1150. The van der Waals surface area contributed by atoms with E-state index in [1.165, 1.54) is 38.5 Å². The number of aromatic nitrogens is 1. The third-order valence-corrected chi connectivity index (χ3v) is 8.16. The van der Waals surface area contributed by atoms with E-state index < -0.39 is 0 Å². The van der Waals surface area contributed by atoms with Gasteiger partial charge in [-0.05, 0) is 99.8 Å². The molecule has 6 heteroatoms. The molecule has 0 aliphatic heterocycles.